The highest BCUT2D eigenvalue weighted by atomic mass is 32.2. The van der Waals surface area contributed by atoms with E-state index in [0.29, 0.717) is 5.16 Å². The summed E-state index contributed by atoms with van der Waals surface area (Å²) >= 11 is 2.70. The molecule has 29 heavy (non-hydrogen) atoms. The van der Waals surface area contributed by atoms with E-state index >= 15 is 0 Å². The number of nitrogens with one attached hydrogen (secondary N) is 1. The molecule has 4 N–H and O–H groups in total. The number of rotatable bonds is 3. The summed E-state index contributed by atoms with van der Waals surface area (Å²) in [6.07, 6.45) is -4.49. The number of nitrogen functional groups attached to an aromatic ring is 1. The summed E-state index contributed by atoms with van der Waals surface area (Å²) in [6, 6.07) is 3.72. The molecule has 5 rings (SSSR count). The summed E-state index contributed by atoms with van der Waals surface area (Å²) in [5.74, 6) is -0.134. The number of H-pyrrole nitrogens is 1. The van der Waals surface area contributed by atoms with Crippen LogP contribution in [-0.4, -0.2) is 49.5 Å². The highest BCUT2D eigenvalue weighted by Gasteiger charge is 2.51. The van der Waals surface area contributed by atoms with Crippen molar-refractivity contribution in [3.05, 3.63) is 27.9 Å². The number of hydrogen-bond acceptors (Lipinski definition) is 12. The van der Waals surface area contributed by atoms with E-state index < -0.39 is 37.9 Å². The third kappa shape index (κ3) is 3.31. The van der Waals surface area contributed by atoms with Crippen molar-refractivity contribution in [1.82, 2.24) is 19.5 Å². The minimum atomic E-state index is -4.53. The fourth-order valence-electron chi connectivity index (χ4n) is 3.24. The number of aromatic amines is 1. The fourth-order valence-corrected chi connectivity index (χ4v) is 5.97. The Morgan fingerprint density at radius 3 is 3.07 bits per heavy atom. The lowest BCUT2D eigenvalue weighted by atomic mass is 10.1. The van der Waals surface area contributed by atoms with Crippen LogP contribution in [-0.2, 0) is 18.3 Å². The monoisotopic (exact) mass is 458 g/mol. The summed E-state index contributed by atoms with van der Waals surface area (Å²) in [7, 11) is -4.53. The van der Waals surface area contributed by atoms with Crippen LogP contribution in [0, 0.1) is 0 Å². The number of aromatic nitrogens is 4. The van der Waals surface area contributed by atoms with Crippen LogP contribution in [0.1, 0.15) is 6.23 Å². The van der Waals surface area contributed by atoms with Crippen molar-refractivity contribution in [2.75, 3.05) is 12.3 Å². The molecule has 12 nitrogen and oxygen atoms in total. The van der Waals surface area contributed by atoms with E-state index in [1.54, 1.807) is 0 Å². The quantitative estimate of drug-likeness (QED) is 0.452. The van der Waals surface area contributed by atoms with Gasteiger partial charge in [0.15, 0.2) is 22.5 Å². The summed E-state index contributed by atoms with van der Waals surface area (Å²) in [4.78, 5) is 34.8. The van der Waals surface area contributed by atoms with Crippen LogP contribution in [0.2, 0.25) is 0 Å². The van der Waals surface area contributed by atoms with Crippen molar-refractivity contribution in [2.45, 2.75) is 33.9 Å². The minimum absolute atomic E-state index is 0.00981. The molecule has 2 aliphatic heterocycles. The zero-order chi connectivity index (χ0) is 20.3. The Morgan fingerprint density at radius 2 is 2.31 bits per heavy atom. The number of imidazole rings is 1. The number of hydrogen-bond donors (Lipinski definition) is 3. The van der Waals surface area contributed by atoms with E-state index in [4.69, 9.17) is 15.0 Å². The number of nitrogens with zero attached hydrogens (tertiary/aromatic N) is 3. The van der Waals surface area contributed by atoms with Crippen LogP contribution in [0.15, 0.2) is 31.7 Å². The average Bonchev–Trinajstić information content (AvgIpc) is 3.34. The SMILES string of the molecule is Nc1nc2c(nc(Sc3cccs3)n2[C@@H]2OC3COP(=O)([O-])O[C@H]3C2O)c(=O)[nH]1. The first kappa shape index (κ1) is 19.2. The Balaban J connectivity index is 1.63. The number of phosphoric acid groups is 1. The number of ether oxygens (including phenoxy) is 1. The smallest absolute Gasteiger partial charge is 0.280 e. The normalized spacial score (nSPS) is 31.9. The van der Waals surface area contributed by atoms with Gasteiger partial charge in [-0.2, -0.15) is 4.98 Å². The molecule has 5 atom stereocenters. The summed E-state index contributed by atoms with van der Waals surface area (Å²) in [6.45, 7) is -0.296. The molecule has 0 radical (unpaired) electrons. The Morgan fingerprint density at radius 1 is 1.48 bits per heavy atom. The van der Waals surface area contributed by atoms with E-state index in [1.165, 1.54) is 27.7 Å². The third-order valence-corrected chi connectivity index (χ3v) is 7.41. The van der Waals surface area contributed by atoms with Gasteiger partial charge in [0, 0.05) is 0 Å². The molecular formula is C14H13N5O7PS2-. The van der Waals surface area contributed by atoms with Crippen LogP contribution in [0.25, 0.3) is 11.2 Å². The standard InChI is InChI=1S/C14H14N5O7PS2/c15-13-17-10-7(11(21)18-13)16-14(29-6-2-1-3-28-6)19(10)12-8(20)9-5(25-12)4-24-27(22,23)26-9/h1-3,5,8-9,12,20H,4H2,(H,22,23)(H3,15,17,18,21)/p-1/t5?,8?,9-,12-/m1/s1. The zero-order valence-corrected chi connectivity index (χ0v) is 16.9. The van der Waals surface area contributed by atoms with Gasteiger partial charge in [0.05, 0.1) is 10.8 Å². The Hall–Kier alpha value is -1.77. The second kappa shape index (κ2) is 6.89. The molecule has 154 valence electrons. The van der Waals surface area contributed by atoms with E-state index in [0.717, 1.165) is 4.21 Å². The number of aliphatic hydroxyl groups excluding tert-OH is 1. The number of anilines is 1. The van der Waals surface area contributed by atoms with Crippen molar-refractivity contribution in [1.29, 1.82) is 0 Å². The molecule has 0 bridgehead atoms. The molecule has 0 aromatic carbocycles. The maximum Gasteiger partial charge on any atom is 0.280 e. The number of fused-ring (bicyclic) bond motifs is 2. The number of nitrogens with two attached hydrogens (primary N) is 1. The van der Waals surface area contributed by atoms with Gasteiger partial charge in [-0.3, -0.25) is 18.9 Å². The molecule has 0 aliphatic carbocycles. The zero-order valence-electron chi connectivity index (χ0n) is 14.3. The highest BCUT2D eigenvalue weighted by molar-refractivity contribution is 8.01. The van der Waals surface area contributed by atoms with E-state index in [2.05, 4.69) is 19.5 Å². The maximum atomic E-state index is 12.3. The summed E-state index contributed by atoms with van der Waals surface area (Å²) in [5.41, 5.74) is 5.24. The first-order chi connectivity index (χ1) is 13.8. The van der Waals surface area contributed by atoms with Gasteiger partial charge in [0.1, 0.15) is 18.3 Å². The number of phosphoric ester groups is 1. The molecule has 0 amide bonds. The summed E-state index contributed by atoms with van der Waals surface area (Å²) < 4.78 is 29.3. The Labute approximate surface area is 170 Å². The second-order valence-electron chi connectivity index (χ2n) is 6.29. The molecule has 2 fully saturated rings. The van der Waals surface area contributed by atoms with Gasteiger partial charge >= 0.3 is 0 Å². The van der Waals surface area contributed by atoms with Gasteiger partial charge in [0.25, 0.3) is 13.4 Å². The van der Waals surface area contributed by atoms with Crippen molar-refractivity contribution < 1.29 is 28.3 Å². The maximum absolute atomic E-state index is 12.3. The van der Waals surface area contributed by atoms with Crippen LogP contribution < -0.4 is 16.2 Å². The van der Waals surface area contributed by atoms with Crippen LogP contribution in [0.4, 0.5) is 5.95 Å². The predicted octanol–water partition coefficient (Wildman–Crippen LogP) is 0.0566. The van der Waals surface area contributed by atoms with Crippen molar-refractivity contribution in [3.8, 4) is 0 Å². The molecule has 3 aromatic heterocycles. The van der Waals surface area contributed by atoms with Crippen LogP contribution in [0.5, 0.6) is 0 Å². The average molecular weight is 458 g/mol. The summed E-state index contributed by atoms with van der Waals surface area (Å²) in [5, 5.41) is 13.0. The van der Waals surface area contributed by atoms with Gasteiger partial charge in [-0.1, -0.05) is 6.07 Å². The fraction of sp³-hybridized carbons (Fsp3) is 0.357. The molecular weight excluding hydrogens is 445 g/mol. The Bertz CT molecular complexity index is 1180. The molecule has 0 spiro atoms. The van der Waals surface area contributed by atoms with Crippen molar-refractivity contribution >= 4 is 48.0 Å². The second-order valence-corrected chi connectivity index (χ2v) is 9.87. The molecule has 0 saturated carbocycles. The van der Waals surface area contributed by atoms with E-state index in [9.17, 15) is 19.4 Å². The van der Waals surface area contributed by atoms with Crippen LogP contribution >= 0.6 is 30.9 Å². The molecule has 3 unspecified atom stereocenters. The highest BCUT2D eigenvalue weighted by Crippen LogP contribution is 2.50. The van der Waals surface area contributed by atoms with E-state index in [-0.39, 0.29) is 23.7 Å². The largest absolute Gasteiger partial charge is 0.756 e. The van der Waals surface area contributed by atoms with E-state index in [1.807, 2.05) is 17.5 Å². The molecule has 2 saturated heterocycles. The van der Waals surface area contributed by atoms with Gasteiger partial charge in [-0.05, 0) is 23.2 Å². The topological polar surface area (TPSA) is 178 Å². The number of aliphatic hydroxyl groups is 1. The molecule has 3 aromatic rings. The van der Waals surface area contributed by atoms with Crippen molar-refractivity contribution in [3.63, 3.8) is 0 Å². The minimum Gasteiger partial charge on any atom is -0.756 e. The third-order valence-electron chi connectivity index (χ3n) is 4.44. The van der Waals surface area contributed by atoms with Gasteiger partial charge in [0.2, 0.25) is 5.95 Å². The lowest BCUT2D eigenvalue weighted by molar-refractivity contribution is -0.245. The van der Waals surface area contributed by atoms with Gasteiger partial charge in [-0.25, -0.2) is 4.98 Å². The lowest BCUT2D eigenvalue weighted by Gasteiger charge is -2.34. The van der Waals surface area contributed by atoms with Gasteiger partial charge < -0.3 is 29.5 Å². The first-order valence-electron chi connectivity index (χ1n) is 8.29. The Kier molecular flexibility index (Phi) is 4.56. The molecule has 2 aliphatic rings. The first-order valence-corrected chi connectivity index (χ1v) is 11.4. The molecule has 5 heterocycles. The predicted molar refractivity (Wildman–Crippen MR) is 99.4 cm³/mol. The van der Waals surface area contributed by atoms with Crippen molar-refractivity contribution in [2.24, 2.45) is 0 Å². The molecule has 15 heteroatoms. The van der Waals surface area contributed by atoms with Crippen LogP contribution in [0.3, 0.4) is 0 Å². The van der Waals surface area contributed by atoms with Gasteiger partial charge in [-0.15, -0.1) is 11.3 Å². The number of thiophene rings is 1. The lowest BCUT2D eigenvalue weighted by Crippen LogP contribution is -2.41.